The lowest BCUT2D eigenvalue weighted by Crippen LogP contribution is -2.46. The molecule has 9 nitrogen and oxygen atoms in total. The second-order valence-corrected chi connectivity index (χ2v) is 7.01. The van der Waals surface area contributed by atoms with Crippen LogP contribution in [0, 0.1) is 19.7 Å². The molecule has 1 atom stereocenters. The maximum atomic E-state index is 13.2. The van der Waals surface area contributed by atoms with E-state index in [2.05, 4.69) is 26.4 Å². The maximum absolute atomic E-state index is 13.2. The number of hydrogen-bond donors (Lipinski definition) is 2. The lowest BCUT2D eigenvalue weighted by molar-refractivity contribution is -0.125. The van der Waals surface area contributed by atoms with Crippen LogP contribution in [0.5, 0.6) is 0 Å². The van der Waals surface area contributed by atoms with Gasteiger partial charge < -0.3 is 4.42 Å². The summed E-state index contributed by atoms with van der Waals surface area (Å²) < 4.78 is 20.2. The second kappa shape index (κ2) is 8.34. The van der Waals surface area contributed by atoms with Crippen LogP contribution >= 0.6 is 0 Å². The number of nitrogens with one attached hydrogen (secondary N) is 2. The van der Waals surface area contributed by atoms with Crippen molar-refractivity contribution in [1.82, 2.24) is 31.1 Å². The van der Waals surface area contributed by atoms with E-state index in [1.165, 1.54) is 16.8 Å². The summed E-state index contributed by atoms with van der Waals surface area (Å²) in [4.78, 5) is 25.5. The smallest absolute Gasteiger partial charge is 0.305 e. The minimum Gasteiger partial charge on any atom is -0.451 e. The number of hydrazine groups is 1. The van der Waals surface area contributed by atoms with E-state index in [1.807, 2.05) is 18.2 Å². The summed E-state index contributed by atoms with van der Waals surface area (Å²) in [7, 11) is 0. The van der Waals surface area contributed by atoms with Gasteiger partial charge >= 0.3 is 5.91 Å². The number of furan rings is 1. The SMILES string of the molecule is Cc1c(C(=O)NNC(=O)C(Cc2ccc(F)cc2)n2nnnc2C)oc2ccccc12. The normalized spacial score (nSPS) is 12.0. The first kappa shape index (κ1) is 20.2. The Labute approximate surface area is 176 Å². The summed E-state index contributed by atoms with van der Waals surface area (Å²) in [6.07, 6.45) is 0.192. The Bertz CT molecular complexity index is 1250. The number of fused-ring (bicyclic) bond motifs is 1. The molecule has 0 saturated heterocycles. The zero-order valence-electron chi connectivity index (χ0n) is 16.8. The average molecular weight is 422 g/mol. The molecule has 31 heavy (non-hydrogen) atoms. The monoisotopic (exact) mass is 422 g/mol. The lowest BCUT2D eigenvalue weighted by Gasteiger charge is -2.17. The van der Waals surface area contributed by atoms with Gasteiger partial charge in [0, 0.05) is 17.4 Å². The third-order valence-electron chi connectivity index (χ3n) is 4.95. The second-order valence-electron chi connectivity index (χ2n) is 7.01. The van der Waals surface area contributed by atoms with E-state index >= 15 is 0 Å². The minimum atomic E-state index is -0.863. The topological polar surface area (TPSA) is 115 Å². The minimum absolute atomic E-state index is 0.107. The Hall–Kier alpha value is -4.08. The molecule has 0 aliphatic carbocycles. The Balaban J connectivity index is 1.51. The van der Waals surface area contributed by atoms with Gasteiger partial charge in [-0.15, -0.1) is 5.10 Å². The molecule has 158 valence electrons. The van der Waals surface area contributed by atoms with Crippen molar-refractivity contribution in [2.24, 2.45) is 0 Å². The van der Waals surface area contributed by atoms with E-state index in [0.29, 0.717) is 22.5 Å². The van der Waals surface area contributed by atoms with Crippen LogP contribution in [0.15, 0.2) is 52.9 Å². The quantitative estimate of drug-likeness (QED) is 0.478. The number of halogens is 1. The zero-order chi connectivity index (χ0) is 22.0. The number of para-hydroxylation sites is 1. The fraction of sp³-hybridized carbons (Fsp3) is 0.190. The number of nitrogens with zero attached hydrogens (tertiary/aromatic N) is 4. The van der Waals surface area contributed by atoms with Crippen LogP contribution < -0.4 is 10.9 Å². The lowest BCUT2D eigenvalue weighted by atomic mass is 10.1. The third kappa shape index (κ3) is 4.13. The number of aryl methyl sites for hydroxylation is 2. The van der Waals surface area contributed by atoms with E-state index in [1.54, 1.807) is 32.0 Å². The van der Waals surface area contributed by atoms with Crippen molar-refractivity contribution in [2.75, 3.05) is 0 Å². The van der Waals surface area contributed by atoms with Crippen molar-refractivity contribution < 1.29 is 18.4 Å². The molecule has 0 saturated carbocycles. The van der Waals surface area contributed by atoms with E-state index < -0.39 is 17.9 Å². The summed E-state index contributed by atoms with van der Waals surface area (Å²) in [6, 6.07) is 12.2. The van der Waals surface area contributed by atoms with E-state index in [9.17, 15) is 14.0 Å². The third-order valence-corrected chi connectivity index (χ3v) is 4.95. The number of aromatic nitrogens is 4. The number of rotatable bonds is 5. The van der Waals surface area contributed by atoms with Gasteiger partial charge in [-0.25, -0.2) is 9.07 Å². The Morgan fingerprint density at radius 3 is 2.52 bits per heavy atom. The van der Waals surface area contributed by atoms with Crippen LogP contribution in [-0.4, -0.2) is 32.0 Å². The van der Waals surface area contributed by atoms with Gasteiger partial charge in [-0.2, -0.15) is 0 Å². The van der Waals surface area contributed by atoms with Crippen LogP contribution in [0.4, 0.5) is 4.39 Å². The molecule has 0 aliphatic rings. The van der Waals surface area contributed by atoms with Crippen LogP contribution in [0.3, 0.4) is 0 Å². The molecule has 1 unspecified atom stereocenters. The molecule has 2 aromatic heterocycles. The number of hydrogen-bond acceptors (Lipinski definition) is 6. The molecule has 4 rings (SSSR count). The predicted molar refractivity (Wildman–Crippen MR) is 108 cm³/mol. The molecule has 0 spiro atoms. The van der Waals surface area contributed by atoms with E-state index in [0.717, 1.165) is 5.39 Å². The molecule has 2 aromatic carbocycles. The highest BCUT2D eigenvalue weighted by Crippen LogP contribution is 2.24. The fourth-order valence-electron chi connectivity index (χ4n) is 3.31. The number of benzene rings is 2. The van der Waals surface area contributed by atoms with E-state index in [4.69, 9.17) is 4.42 Å². The molecule has 2 amide bonds. The summed E-state index contributed by atoms with van der Waals surface area (Å²) in [5.74, 6) is -0.980. The molecule has 2 N–H and O–H groups in total. The molecule has 4 aromatic rings. The molecular formula is C21H19FN6O3. The van der Waals surface area contributed by atoms with Gasteiger partial charge in [0.15, 0.2) is 5.76 Å². The number of amides is 2. The molecule has 2 heterocycles. The van der Waals surface area contributed by atoms with E-state index in [-0.39, 0.29) is 18.0 Å². The van der Waals surface area contributed by atoms with Crippen molar-refractivity contribution >= 4 is 22.8 Å². The Kier molecular flexibility index (Phi) is 5.44. The zero-order valence-corrected chi connectivity index (χ0v) is 16.8. The first-order chi connectivity index (χ1) is 14.9. The molecule has 0 fully saturated rings. The first-order valence-electron chi connectivity index (χ1n) is 9.51. The summed E-state index contributed by atoms with van der Waals surface area (Å²) in [6.45, 7) is 3.42. The number of carbonyl (C=O) groups excluding carboxylic acids is 2. The Morgan fingerprint density at radius 1 is 1.10 bits per heavy atom. The van der Waals surface area contributed by atoms with Crippen molar-refractivity contribution in [1.29, 1.82) is 0 Å². The predicted octanol–water partition coefficient (Wildman–Crippen LogP) is 2.42. The standard InChI is InChI=1S/C21H19FN6O3/c1-12-16-5-3-4-6-18(16)31-19(12)21(30)25-24-20(29)17(28-13(2)23-26-27-28)11-14-7-9-15(22)10-8-14/h3-10,17H,11H2,1-2H3,(H,24,29)(H,25,30). The van der Waals surface area contributed by atoms with Crippen LogP contribution in [0.25, 0.3) is 11.0 Å². The van der Waals surface area contributed by atoms with Gasteiger partial charge in [0.05, 0.1) is 0 Å². The summed E-state index contributed by atoms with van der Waals surface area (Å²) in [5, 5.41) is 12.1. The average Bonchev–Trinajstić information content (AvgIpc) is 3.34. The van der Waals surface area contributed by atoms with Gasteiger partial charge in [-0.1, -0.05) is 30.3 Å². The van der Waals surface area contributed by atoms with Crippen LogP contribution in [0.1, 0.15) is 33.5 Å². The molecular weight excluding hydrogens is 403 g/mol. The van der Waals surface area contributed by atoms with Gasteiger partial charge in [0.1, 0.15) is 23.3 Å². The van der Waals surface area contributed by atoms with Crippen molar-refractivity contribution in [3.63, 3.8) is 0 Å². The first-order valence-corrected chi connectivity index (χ1v) is 9.51. The molecule has 0 aliphatic heterocycles. The largest absolute Gasteiger partial charge is 0.451 e. The highest BCUT2D eigenvalue weighted by atomic mass is 19.1. The van der Waals surface area contributed by atoms with Crippen LogP contribution in [-0.2, 0) is 11.2 Å². The van der Waals surface area contributed by atoms with Gasteiger partial charge in [0.2, 0.25) is 0 Å². The summed E-state index contributed by atoms with van der Waals surface area (Å²) in [5.41, 5.74) is 6.75. The number of carbonyl (C=O) groups is 2. The summed E-state index contributed by atoms with van der Waals surface area (Å²) >= 11 is 0. The Morgan fingerprint density at radius 2 is 1.84 bits per heavy atom. The maximum Gasteiger partial charge on any atom is 0.305 e. The molecule has 0 bridgehead atoms. The molecule has 0 radical (unpaired) electrons. The van der Waals surface area contributed by atoms with Crippen molar-refractivity contribution in [3.8, 4) is 0 Å². The number of tetrazole rings is 1. The van der Waals surface area contributed by atoms with Crippen molar-refractivity contribution in [3.05, 3.63) is 77.1 Å². The fourth-order valence-corrected chi connectivity index (χ4v) is 3.31. The molecule has 10 heteroatoms. The van der Waals surface area contributed by atoms with Gasteiger partial charge in [0.25, 0.3) is 5.91 Å². The van der Waals surface area contributed by atoms with Gasteiger partial charge in [-0.3, -0.25) is 20.4 Å². The van der Waals surface area contributed by atoms with Crippen LogP contribution in [0.2, 0.25) is 0 Å². The van der Waals surface area contributed by atoms with Crippen molar-refractivity contribution in [2.45, 2.75) is 26.3 Å². The highest BCUT2D eigenvalue weighted by molar-refractivity contribution is 5.99. The highest BCUT2D eigenvalue weighted by Gasteiger charge is 2.26. The van der Waals surface area contributed by atoms with Gasteiger partial charge in [-0.05, 0) is 48.0 Å².